The van der Waals surface area contributed by atoms with Crippen molar-refractivity contribution in [3.05, 3.63) is 23.4 Å². The Labute approximate surface area is 130 Å². The van der Waals surface area contributed by atoms with Gasteiger partial charge in [-0.05, 0) is 49.7 Å². The third-order valence-electron chi connectivity index (χ3n) is 4.23. The molecule has 5 heteroatoms. The summed E-state index contributed by atoms with van der Waals surface area (Å²) in [7, 11) is 0. The molecule has 0 aromatic carbocycles. The summed E-state index contributed by atoms with van der Waals surface area (Å²) in [6, 6.07) is 4.79. The largest absolute Gasteiger partial charge is 0.339 e. The fourth-order valence-corrected chi connectivity index (χ4v) is 3.83. The van der Waals surface area contributed by atoms with Gasteiger partial charge in [0.05, 0.1) is 4.88 Å². The Morgan fingerprint density at radius 2 is 2.38 bits per heavy atom. The van der Waals surface area contributed by atoms with E-state index in [2.05, 4.69) is 28.9 Å². The molecule has 1 aliphatic rings. The maximum atomic E-state index is 5.35. The number of rotatable bonds is 6. The summed E-state index contributed by atoms with van der Waals surface area (Å²) in [5.41, 5.74) is 0. The Morgan fingerprint density at radius 1 is 1.48 bits per heavy atom. The van der Waals surface area contributed by atoms with Gasteiger partial charge in [-0.1, -0.05) is 25.1 Å². The van der Waals surface area contributed by atoms with E-state index in [-0.39, 0.29) is 0 Å². The molecule has 0 radical (unpaired) electrons. The average molecular weight is 305 g/mol. The van der Waals surface area contributed by atoms with Gasteiger partial charge in [0.1, 0.15) is 0 Å². The standard InChI is InChI=1S/C16H23N3OS/c1-12(2)13-6-3-9-19(13)10-4-8-15-17-16(18-20-15)14-7-5-11-21-14/h5,7,11-13H,3-4,6,8-10H2,1-2H3. The predicted octanol–water partition coefficient (Wildman–Crippen LogP) is 3.85. The Balaban J connectivity index is 1.50. The summed E-state index contributed by atoms with van der Waals surface area (Å²) < 4.78 is 5.35. The Bertz CT molecular complexity index is 550. The Morgan fingerprint density at radius 3 is 3.14 bits per heavy atom. The molecule has 0 N–H and O–H groups in total. The maximum Gasteiger partial charge on any atom is 0.227 e. The van der Waals surface area contributed by atoms with Crippen molar-refractivity contribution in [1.82, 2.24) is 15.0 Å². The molecule has 0 amide bonds. The van der Waals surface area contributed by atoms with E-state index in [1.54, 1.807) is 11.3 Å². The monoisotopic (exact) mass is 305 g/mol. The molecule has 0 aliphatic carbocycles. The highest BCUT2D eigenvalue weighted by Gasteiger charge is 2.26. The third-order valence-corrected chi connectivity index (χ3v) is 5.10. The van der Waals surface area contributed by atoms with E-state index in [4.69, 9.17) is 4.52 Å². The van der Waals surface area contributed by atoms with Crippen LogP contribution in [0.15, 0.2) is 22.0 Å². The van der Waals surface area contributed by atoms with Gasteiger partial charge in [0.25, 0.3) is 0 Å². The number of nitrogens with zero attached hydrogens (tertiary/aromatic N) is 3. The summed E-state index contributed by atoms with van der Waals surface area (Å²) in [5, 5.41) is 6.10. The second-order valence-electron chi connectivity index (χ2n) is 6.08. The van der Waals surface area contributed by atoms with E-state index in [1.165, 1.54) is 19.4 Å². The smallest absolute Gasteiger partial charge is 0.227 e. The highest BCUT2D eigenvalue weighted by molar-refractivity contribution is 7.13. The molecule has 1 aliphatic heterocycles. The lowest BCUT2D eigenvalue weighted by Crippen LogP contribution is -2.34. The van der Waals surface area contributed by atoms with Crippen LogP contribution in [0.1, 0.15) is 39.0 Å². The van der Waals surface area contributed by atoms with Gasteiger partial charge in [-0.2, -0.15) is 4.98 Å². The lowest BCUT2D eigenvalue weighted by molar-refractivity contribution is 0.202. The van der Waals surface area contributed by atoms with Gasteiger partial charge in [-0.25, -0.2) is 0 Å². The van der Waals surface area contributed by atoms with Crippen LogP contribution in [0.25, 0.3) is 10.7 Å². The second-order valence-corrected chi connectivity index (χ2v) is 7.03. The minimum absolute atomic E-state index is 0.723. The van der Waals surface area contributed by atoms with Gasteiger partial charge >= 0.3 is 0 Å². The second kappa shape index (κ2) is 6.71. The van der Waals surface area contributed by atoms with Crippen molar-refractivity contribution in [3.8, 4) is 10.7 Å². The van der Waals surface area contributed by atoms with E-state index < -0.39 is 0 Å². The fourth-order valence-electron chi connectivity index (χ4n) is 3.18. The topological polar surface area (TPSA) is 42.2 Å². The highest BCUT2D eigenvalue weighted by Crippen LogP contribution is 2.24. The fraction of sp³-hybridized carbons (Fsp3) is 0.625. The summed E-state index contributed by atoms with van der Waals surface area (Å²) in [6.45, 7) is 7.04. The molecular formula is C16H23N3OS. The first-order valence-electron chi connectivity index (χ1n) is 7.84. The van der Waals surface area contributed by atoms with Crippen molar-refractivity contribution in [3.63, 3.8) is 0 Å². The highest BCUT2D eigenvalue weighted by atomic mass is 32.1. The van der Waals surface area contributed by atoms with Crippen LogP contribution in [-0.2, 0) is 6.42 Å². The summed E-state index contributed by atoms with van der Waals surface area (Å²) in [6.07, 6.45) is 4.65. The Hall–Kier alpha value is -1.20. The van der Waals surface area contributed by atoms with Gasteiger partial charge in [0.2, 0.25) is 11.7 Å². The van der Waals surface area contributed by atoms with E-state index in [0.717, 1.165) is 47.9 Å². The van der Waals surface area contributed by atoms with Gasteiger partial charge < -0.3 is 9.42 Å². The van der Waals surface area contributed by atoms with Gasteiger partial charge in [0.15, 0.2) is 0 Å². The summed E-state index contributed by atoms with van der Waals surface area (Å²) in [4.78, 5) is 8.18. The van der Waals surface area contributed by atoms with Crippen molar-refractivity contribution in [1.29, 1.82) is 0 Å². The average Bonchev–Trinajstić information content (AvgIpc) is 3.20. The molecule has 1 saturated heterocycles. The van der Waals surface area contributed by atoms with Crippen LogP contribution in [0.2, 0.25) is 0 Å². The molecule has 2 aromatic rings. The zero-order chi connectivity index (χ0) is 14.7. The molecule has 0 spiro atoms. The Kier molecular flexibility index (Phi) is 4.70. The molecule has 2 aromatic heterocycles. The van der Waals surface area contributed by atoms with Gasteiger partial charge in [0, 0.05) is 12.5 Å². The minimum Gasteiger partial charge on any atom is -0.339 e. The molecular weight excluding hydrogens is 282 g/mol. The number of hydrogen-bond acceptors (Lipinski definition) is 5. The predicted molar refractivity (Wildman–Crippen MR) is 85.4 cm³/mol. The molecule has 0 saturated carbocycles. The number of aromatic nitrogens is 2. The summed E-state index contributed by atoms with van der Waals surface area (Å²) in [5.74, 6) is 2.24. The first-order valence-corrected chi connectivity index (χ1v) is 8.72. The van der Waals surface area contributed by atoms with Gasteiger partial charge in [-0.3, -0.25) is 0 Å². The molecule has 21 heavy (non-hydrogen) atoms. The van der Waals surface area contributed by atoms with Crippen molar-refractivity contribution in [2.24, 2.45) is 5.92 Å². The molecule has 1 atom stereocenters. The van der Waals surface area contributed by atoms with Crippen molar-refractivity contribution >= 4 is 11.3 Å². The van der Waals surface area contributed by atoms with Gasteiger partial charge in [-0.15, -0.1) is 11.3 Å². The molecule has 1 fully saturated rings. The molecule has 4 nitrogen and oxygen atoms in total. The van der Waals surface area contributed by atoms with Crippen molar-refractivity contribution < 1.29 is 4.52 Å². The van der Waals surface area contributed by atoms with E-state index in [0.29, 0.717) is 0 Å². The number of likely N-dealkylation sites (tertiary alicyclic amines) is 1. The minimum atomic E-state index is 0.723. The van der Waals surface area contributed by atoms with E-state index in [9.17, 15) is 0 Å². The molecule has 3 heterocycles. The molecule has 3 rings (SSSR count). The molecule has 114 valence electrons. The van der Waals surface area contributed by atoms with Crippen LogP contribution in [0, 0.1) is 5.92 Å². The van der Waals surface area contributed by atoms with E-state index >= 15 is 0 Å². The van der Waals surface area contributed by atoms with Crippen molar-refractivity contribution in [2.45, 2.75) is 45.6 Å². The number of thiophene rings is 1. The van der Waals surface area contributed by atoms with Crippen LogP contribution < -0.4 is 0 Å². The van der Waals surface area contributed by atoms with Crippen LogP contribution in [0.4, 0.5) is 0 Å². The maximum absolute atomic E-state index is 5.35. The normalized spacial score (nSPS) is 19.7. The zero-order valence-electron chi connectivity index (χ0n) is 12.8. The first-order chi connectivity index (χ1) is 10.2. The SMILES string of the molecule is CC(C)C1CCCN1CCCc1nc(-c2cccs2)no1. The van der Waals surface area contributed by atoms with Crippen LogP contribution in [0.3, 0.4) is 0 Å². The zero-order valence-corrected chi connectivity index (χ0v) is 13.6. The lowest BCUT2D eigenvalue weighted by atomic mass is 10.0. The summed E-state index contributed by atoms with van der Waals surface area (Å²) >= 11 is 1.64. The first kappa shape index (κ1) is 14.7. The number of aryl methyl sites for hydroxylation is 1. The quantitative estimate of drug-likeness (QED) is 0.813. The lowest BCUT2D eigenvalue weighted by Gasteiger charge is -2.27. The molecule has 0 bridgehead atoms. The number of hydrogen-bond donors (Lipinski definition) is 0. The van der Waals surface area contributed by atoms with Crippen LogP contribution in [-0.4, -0.2) is 34.2 Å². The van der Waals surface area contributed by atoms with Crippen LogP contribution >= 0.6 is 11.3 Å². The van der Waals surface area contributed by atoms with Crippen molar-refractivity contribution in [2.75, 3.05) is 13.1 Å². The third kappa shape index (κ3) is 3.52. The van der Waals surface area contributed by atoms with Crippen LogP contribution in [0.5, 0.6) is 0 Å². The van der Waals surface area contributed by atoms with E-state index in [1.807, 2.05) is 17.5 Å². The molecule has 1 unspecified atom stereocenters.